The van der Waals surface area contributed by atoms with Gasteiger partial charge < -0.3 is 9.80 Å². The maximum Gasteiger partial charge on any atom is 0.236 e. The Morgan fingerprint density at radius 2 is 1.64 bits per heavy atom. The van der Waals surface area contributed by atoms with Crippen LogP contribution in [0.5, 0.6) is 0 Å². The Hall–Kier alpha value is -1.88. The van der Waals surface area contributed by atoms with Crippen molar-refractivity contribution in [2.75, 3.05) is 39.8 Å². The fraction of sp³-hybridized carbons (Fsp3) is 0.652. The van der Waals surface area contributed by atoms with Crippen LogP contribution in [0.2, 0.25) is 0 Å². The van der Waals surface area contributed by atoms with Gasteiger partial charge in [-0.1, -0.05) is 37.1 Å². The topological polar surface area (TPSA) is 43.9 Å². The molecule has 2 saturated heterocycles. The summed E-state index contributed by atoms with van der Waals surface area (Å²) in [4.78, 5) is 31.6. The number of aryl methyl sites for hydroxylation is 1. The van der Waals surface area contributed by atoms with Crippen LogP contribution in [0.1, 0.15) is 49.7 Å². The third-order valence-electron chi connectivity index (χ3n) is 6.31. The number of amides is 2. The van der Waals surface area contributed by atoms with E-state index in [1.165, 1.54) is 24.0 Å². The van der Waals surface area contributed by atoms with Gasteiger partial charge in [-0.2, -0.15) is 0 Å². The maximum absolute atomic E-state index is 12.8. The fourth-order valence-corrected chi connectivity index (χ4v) is 4.33. The molecule has 28 heavy (non-hydrogen) atoms. The van der Waals surface area contributed by atoms with E-state index in [1.54, 1.807) is 0 Å². The summed E-state index contributed by atoms with van der Waals surface area (Å²) in [7, 11) is 1.88. The van der Waals surface area contributed by atoms with Gasteiger partial charge in [-0.25, -0.2) is 0 Å². The van der Waals surface area contributed by atoms with Crippen molar-refractivity contribution in [3.63, 3.8) is 0 Å². The number of carbonyl (C=O) groups excluding carboxylic acids is 2. The summed E-state index contributed by atoms with van der Waals surface area (Å²) in [6.07, 6.45) is 6.55. The first-order chi connectivity index (χ1) is 13.5. The third kappa shape index (κ3) is 5.57. The summed E-state index contributed by atoms with van der Waals surface area (Å²) < 4.78 is 0. The second-order valence-corrected chi connectivity index (χ2v) is 8.47. The Labute approximate surface area is 169 Å². The molecule has 2 heterocycles. The highest BCUT2D eigenvalue weighted by Gasteiger charge is 2.29. The minimum absolute atomic E-state index is 0.147. The number of benzene rings is 1. The quantitative estimate of drug-likeness (QED) is 0.782. The second-order valence-electron chi connectivity index (χ2n) is 8.47. The number of nitrogens with zero attached hydrogens (tertiary/aromatic N) is 3. The Balaban J connectivity index is 1.43. The molecule has 3 rings (SSSR count). The van der Waals surface area contributed by atoms with Crippen molar-refractivity contribution >= 4 is 11.8 Å². The Morgan fingerprint density at radius 1 is 1.00 bits per heavy atom. The Kier molecular flexibility index (Phi) is 7.49. The highest BCUT2D eigenvalue weighted by Crippen LogP contribution is 2.22. The van der Waals surface area contributed by atoms with Gasteiger partial charge in [0.25, 0.3) is 0 Å². The van der Waals surface area contributed by atoms with Crippen LogP contribution < -0.4 is 0 Å². The molecule has 1 aromatic carbocycles. The number of likely N-dealkylation sites (N-methyl/N-ethyl adjacent to an activating group) is 1. The van der Waals surface area contributed by atoms with E-state index >= 15 is 0 Å². The lowest BCUT2D eigenvalue weighted by Gasteiger charge is -2.34. The highest BCUT2D eigenvalue weighted by atomic mass is 16.2. The average molecular weight is 386 g/mol. The predicted octanol–water partition coefficient (Wildman–Crippen LogP) is 3.07. The van der Waals surface area contributed by atoms with Crippen LogP contribution in [0.3, 0.4) is 0 Å². The van der Waals surface area contributed by atoms with E-state index in [0.29, 0.717) is 19.0 Å². The summed E-state index contributed by atoms with van der Waals surface area (Å²) in [5, 5.41) is 0. The first-order valence-electron chi connectivity index (χ1n) is 10.8. The number of hydrogen-bond acceptors (Lipinski definition) is 3. The molecule has 5 heteroatoms. The van der Waals surface area contributed by atoms with Gasteiger partial charge in [0.1, 0.15) is 0 Å². The molecule has 1 aromatic rings. The van der Waals surface area contributed by atoms with E-state index in [4.69, 9.17) is 0 Å². The Morgan fingerprint density at radius 3 is 2.29 bits per heavy atom. The minimum atomic E-state index is 0.147. The number of carbonyl (C=O) groups is 2. The standard InChI is InChI=1S/C23H35N3O2/c1-19-9-5-6-10-21(19)17-24(2)22(27)18-25-15-11-20(12-16-25)23(28)26-13-7-3-4-8-14-26/h5-6,9-10,20H,3-4,7-8,11-18H2,1-2H3. The molecule has 0 bridgehead atoms. The van der Waals surface area contributed by atoms with E-state index in [9.17, 15) is 9.59 Å². The van der Waals surface area contributed by atoms with E-state index in [2.05, 4.69) is 28.9 Å². The number of piperidine rings is 1. The molecule has 0 N–H and O–H groups in total. The molecule has 0 saturated carbocycles. The van der Waals surface area contributed by atoms with Crippen molar-refractivity contribution < 1.29 is 9.59 Å². The van der Waals surface area contributed by atoms with Gasteiger partial charge >= 0.3 is 0 Å². The van der Waals surface area contributed by atoms with Crippen LogP contribution in [0.4, 0.5) is 0 Å². The molecule has 0 aliphatic carbocycles. The van der Waals surface area contributed by atoms with Crippen LogP contribution in [0.15, 0.2) is 24.3 Å². The van der Waals surface area contributed by atoms with Gasteiger partial charge in [0.2, 0.25) is 11.8 Å². The molecule has 2 fully saturated rings. The summed E-state index contributed by atoms with van der Waals surface area (Å²) in [5.41, 5.74) is 2.41. The lowest BCUT2D eigenvalue weighted by atomic mass is 9.95. The normalized spacial score (nSPS) is 19.3. The zero-order valence-electron chi connectivity index (χ0n) is 17.5. The molecule has 154 valence electrons. The lowest BCUT2D eigenvalue weighted by molar-refractivity contribution is -0.137. The molecule has 0 aromatic heterocycles. The molecule has 2 aliphatic heterocycles. The van der Waals surface area contributed by atoms with Crippen molar-refractivity contribution in [2.45, 2.75) is 52.0 Å². The van der Waals surface area contributed by atoms with Gasteiger partial charge in [-0.05, 0) is 56.8 Å². The zero-order valence-corrected chi connectivity index (χ0v) is 17.5. The van der Waals surface area contributed by atoms with Crippen LogP contribution >= 0.6 is 0 Å². The molecule has 2 aliphatic rings. The number of likely N-dealkylation sites (tertiary alicyclic amines) is 2. The molecule has 0 atom stereocenters. The fourth-order valence-electron chi connectivity index (χ4n) is 4.33. The first-order valence-corrected chi connectivity index (χ1v) is 10.8. The zero-order chi connectivity index (χ0) is 19.9. The molecule has 0 radical (unpaired) electrons. The van der Waals surface area contributed by atoms with E-state index in [0.717, 1.165) is 51.9 Å². The summed E-state index contributed by atoms with van der Waals surface area (Å²) in [5.74, 6) is 0.652. The van der Waals surface area contributed by atoms with Gasteiger partial charge in [0.15, 0.2) is 0 Å². The molecule has 0 unspecified atom stereocenters. The van der Waals surface area contributed by atoms with Crippen molar-refractivity contribution in [2.24, 2.45) is 5.92 Å². The van der Waals surface area contributed by atoms with Gasteiger partial charge in [0.05, 0.1) is 6.54 Å². The van der Waals surface area contributed by atoms with Crippen molar-refractivity contribution in [3.8, 4) is 0 Å². The monoisotopic (exact) mass is 385 g/mol. The van der Waals surface area contributed by atoms with Crippen LogP contribution in [0, 0.1) is 12.8 Å². The van der Waals surface area contributed by atoms with Crippen LogP contribution in [-0.4, -0.2) is 66.3 Å². The second kappa shape index (κ2) is 10.1. The molecule has 5 nitrogen and oxygen atoms in total. The first kappa shape index (κ1) is 20.8. The van der Waals surface area contributed by atoms with Gasteiger partial charge in [-0.3, -0.25) is 14.5 Å². The molecular weight excluding hydrogens is 350 g/mol. The van der Waals surface area contributed by atoms with Crippen molar-refractivity contribution in [1.82, 2.24) is 14.7 Å². The summed E-state index contributed by atoms with van der Waals surface area (Å²) in [6.45, 7) is 6.73. The van der Waals surface area contributed by atoms with Crippen molar-refractivity contribution in [3.05, 3.63) is 35.4 Å². The van der Waals surface area contributed by atoms with Crippen LogP contribution in [-0.2, 0) is 16.1 Å². The van der Waals surface area contributed by atoms with E-state index in [-0.39, 0.29) is 11.8 Å². The SMILES string of the molecule is Cc1ccccc1CN(C)C(=O)CN1CCC(C(=O)N2CCCCCC2)CC1. The Bertz CT molecular complexity index is 660. The molecule has 0 spiro atoms. The molecule has 2 amide bonds. The average Bonchev–Trinajstić information content (AvgIpc) is 2.99. The minimum Gasteiger partial charge on any atom is -0.342 e. The van der Waals surface area contributed by atoms with E-state index in [1.807, 2.05) is 24.1 Å². The highest BCUT2D eigenvalue weighted by molar-refractivity contribution is 5.79. The van der Waals surface area contributed by atoms with Gasteiger partial charge in [-0.15, -0.1) is 0 Å². The smallest absolute Gasteiger partial charge is 0.236 e. The van der Waals surface area contributed by atoms with E-state index < -0.39 is 0 Å². The third-order valence-corrected chi connectivity index (χ3v) is 6.31. The maximum atomic E-state index is 12.8. The molecular formula is C23H35N3O2. The van der Waals surface area contributed by atoms with Crippen molar-refractivity contribution in [1.29, 1.82) is 0 Å². The van der Waals surface area contributed by atoms with Gasteiger partial charge in [0, 0.05) is 32.6 Å². The number of hydrogen-bond donors (Lipinski definition) is 0. The lowest BCUT2D eigenvalue weighted by Crippen LogP contribution is -2.45. The summed E-state index contributed by atoms with van der Waals surface area (Å²) >= 11 is 0. The largest absolute Gasteiger partial charge is 0.342 e. The number of rotatable bonds is 5. The predicted molar refractivity (Wildman–Crippen MR) is 112 cm³/mol. The summed E-state index contributed by atoms with van der Waals surface area (Å²) in [6, 6.07) is 8.21. The van der Waals surface area contributed by atoms with Crippen LogP contribution in [0.25, 0.3) is 0 Å².